The summed E-state index contributed by atoms with van der Waals surface area (Å²) in [5, 5.41) is 0. The Morgan fingerprint density at radius 1 is 1.23 bits per heavy atom. The van der Waals surface area contributed by atoms with Crippen molar-refractivity contribution in [2.24, 2.45) is 0 Å². The highest BCUT2D eigenvalue weighted by Gasteiger charge is 2.71. The molecule has 2 atom stereocenters. The largest absolute Gasteiger partial charge is 0.495 e. The lowest BCUT2D eigenvalue weighted by molar-refractivity contribution is 0.0223. The summed E-state index contributed by atoms with van der Waals surface area (Å²) in [5.41, 5.74) is 4.07. The normalized spacial score (nSPS) is 30.1. The number of carbonyl (C=O) groups excluding carboxylic acids is 1. The molecule has 3 aliphatic rings. The number of hydrogen-bond acceptors (Lipinski definition) is 4. The van der Waals surface area contributed by atoms with E-state index in [1.807, 2.05) is 20.8 Å². The van der Waals surface area contributed by atoms with Crippen molar-refractivity contribution < 1.29 is 18.8 Å². The third-order valence-electron chi connectivity index (χ3n) is 6.04. The van der Waals surface area contributed by atoms with E-state index in [-0.39, 0.29) is 24.4 Å². The van der Waals surface area contributed by atoms with Crippen molar-refractivity contribution in [3.63, 3.8) is 0 Å². The zero-order chi connectivity index (χ0) is 18.9. The molecule has 1 aromatic carbocycles. The lowest BCUT2D eigenvalue weighted by Gasteiger charge is -2.32. The van der Waals surface area contributed by atoms with Crippen LogP contribution in [0.5, 0.6) is 0 Å². The first-order chi connectivity index (χ1) is 12.0. The Morgan fingerprint density at radius 2 is 1.88 bits per heavy atom. The minimum Gasteiger partial charge on any atom is -0.444 e. The molecule has 0 spiro atoms. The van der Waals surface area contributed by atoms with Gasteiger partial charge in [0.2, 0.25) is 0 Å². The number of carbonyl (C=O) groups is 1. The zero-order valence-electron chi connectivity index (χ0n) is 16.6. The molecular weight excluding hydrogens is 329 g/mol. The van der Waals surface area contributed by atoms with Crippen LogP contribution in [0.25, 0.3) is 0 Å². The van der Waals surface area contributed by atoms with E-state index < -0.39 is 5.60 Å². The smallest absolute Gasteiger partial charge is 0.444 e. The molecule has 2 heterocycles. The van der Waals surface area contributed by atoms with Crippen molar-refractivity contribution in [2.75, 3.05) is 6.54 Å². The van der Waals surface area contributed by atoms with Gasteiger partial charge in [-0.1, -0.05) is 12.1 Å². The van der Waals surface area contributed by atoms with Gasteiger partial charge in [0, 0.05) is 19.5 Å². The van der Waals surface area contributed by atoms with E-state index >= 15 is 0 Å². The molecule has 2 unspecified atom stereocenters. The number of hydrogen-bond donors (Lipinski definition) is 0. The Kier molecular flexibility index (Phi) is 3.77. The first-order valence-corrected chi connectivity index (χ1v) is 9.46. The fraction of sp³-hybridized carbons (Fsp3) is 0.650. The Hall–Kier alpha value is -1.53. The molecule has 26 heavy (non-hydrogen) atoms. The summed E-state index contributed by atoms with van der Waals surface area (Å²) in [6.07, 6.45) is 1.55. The Bertz CT molecular complexity index is 758. The predicted octanol–water partition coefficient (Wildman–Crippen LogP) is 2.95. The molecule has 1 saturated carbocycles. The predicted molar refractivity (Wildman–Crippen MR) is 101 cm³/mol. The van der Waals surface area contributed by atoms with Gasteiger partial charge in [-0.25, -0.2) is 4.79 Å². The number of amides is 1. The van der Waals surface area contributed by atoms with Gasteiger partial charge in [-0.05, 0) is 70.1 Å². The molecular formula is C20H28BNO4. The van der Waals surface area contributed by atoms with Gasteiger partial charge in [0.15, 0.2) is 0 Å². The van der Waals surface area contributed by atoms with Gasteiger partial charge in [-0.3, -0.25) is 0 Å². The van der Waals surface area contributed by atoms with Crippen molar-refractivity contribution >= 4 is 18.7 Å². The molecule has 1 amide bonds. The van der Waals surface area contributed by atoms with E-state index in [1.54, 1.807) is 4.90 Å². The second kappa shape index (κ2) is 5.49. The van der Waals surface area contributed by atoms with E-state index in [0.717, 1.165) is 18.3 Å². The van der Waals surface area contributed by atoms with Gasteiger partial charge in [-0.2, -0.15) is 0 Å². The van der Waals surface area contributed by atoms with Gasteiger partial charge in [-0.15, -0.1) is 0 Å². The molecule has 4 rings (SSSR count). The number of nitrogens with zero attached hydrogens (tertiary/aromatic N) is 1. The number of ether oxygens (including phenoxy) is 1. The van der Waals surface area contributed by atoms with Crippen LogP contribution in [0, 0.1) is 6.92 Å². The first-order valence-electron chi connectivity index (χ1n) is 9.46. The van der Waals surface area contributed by atoms with Crippen LogP contribution in [-0.4, -0.2) is 41.5 Å². The van der Waals surface area contributed by atoms with Crippen molar-refractivity contribution in [1.82, 2.24) is 4.90 Å². The summed E-state index contributed by atoms with van der Waals surface area (Å²) in [4.78, 5) is 14.1. The number of fused-ring (bicyclic) bond motifs is 2. The summed E-state index contributed by atoms with van der Waals surface area (Å²) in [5.74, 6) is 0. The van der Waals surface area contributed by atoms with E-state index in [2.05, 4.69) is 32.9 Å². The van der Waals surface area contributed by atoms with Crippen molar-refractivity contribution in [3.8, 4) is 0 Å². The number of rotatable bonds is 1. The van der Waals surface area contributed by atoms with Gasteiger partial charge in [0.25, 0.3) is 0 Å². The van der Waals surface area contributed by atoms with E-state index in [0.29, 0.717) is 13.1 Å². The minimum atomic E-state index is -0.471. The fourth-order valence-corrected chi connectivity index (χ4v) is 4.15. The van der Waals surface area contributed by atoms with Crippen molar-refractivity contribution in [1.29, 1.82) is 0 Å². The molecule has 140 valence electrons. The van der Waals surface area contributed by atoms with Crippen LogP contribution in [0.4, 0.5) is 4.79 Å². The maximum atomic E-state index is 12.4. The quantitative estimate of drug-likeness (QED) is 0.725. The van der Waals surface area contributed by atoms with Crippen LogP contribution < -0.4 is 5.46 Å². The minimum absolute atomic E-state index is 0.145. The topological polar surface area (TPSA) is 48.0 Å². The highest BCUT2D eigenvalue weighted by Crippen LogP contribution is 2.58. The van der Waals surface area contributed by atoms with Crippen LogP contribution >= 0.6 is 0 Å². The first kappa shape index (κ1) is 17.9. The van der Waals surface area contributed by atoms with Gasteiger partial charge < -0.3 is 18.9 Å². The second-order valence-corrected chi connectivity index (χ2v) is 9.28. The van der Waals surface area contributed by atoms with Crippen LogP contribution in [0.1, 0.15) is 57.7 Å². The highest BCUT2D eigenvalue weighted by molar-refractivity contribution is 6.63. The Balaban J connectivity index is 1.52. The maximum Gasteiger partial charge on any atom is 0.495 e. The van der Waals surface area contributed by atoms with Crippen LogP contribution in [-0.2, 0) is 27.0 Å². The standard InChI is InChI=1S/C20H28BNO4/c1-13-15-9-10-22(17(23)24-18(2,3)4)11-14(15)7-8-16(13)21-25-19(5)12-20(19,6)26-21/h7-8H,9-12H2,1-6H3. The highest BCUT2D eigenvalue weighted by atomic mass is 16.7. The lowest BCUT2D eigenvalue weighted by Crippen LogP contribution is -2.42. The average Bonchev–Trinajstić information content (AvgIpc) is 2.94. The van der Waals surface area contributed by atoms with Crippen molar-refractivity contribution in [2.45, 2.75) is 77.7 Å². The Labute approximate surface area is 156 Å². The zero-order valence-corrected chi connectivity index (χ0v) is 16.6. The summed E-state index contributed by atoms with van der Waals surface area (Å²) in [6.45, 7) is 13.3. The third-order valence-corrected chi connectivity index (χ3v) is 6.04. The lowest BCUT2D eigenvalue weighted by atomic mass is 9.73. The van der Waals surface area contributed by atoms with Gasteiger partial charge >= 0.3 is 13.2 Å². The van der Waals surface area contributed by atoms with Crippen molar-refractivity contribution in [3.05, 3.63) is 28.8 Å². The van der Waals surface area contributed by atoms with E-state index in [1.165, 1.54) is 16.7 Å². The van der Waals surface area contributed by atoms with E-state index in [9.17, 15) is 4.79 Å². The fourth-order valence-electron chi connectivity index (χ4n) is 4.15. The van der Waals surface area contributed by atoms with Crippen LogP contribution in [0.3, 0.4) is 0 Å². The summed E-state index contributed by atoms with van der Waals surface area (Å²) >= 11 is 0. The SMILES string of the molecule is Cc1c(B2OC3(C)CC3(C)O2)ccc2c1CCN(C(=O)OC(C)(C)C)C2. The molecule has 0 aromatic heterocycles. The average molecular weight is 357 g/mol. The molecule has 1 aromatic rings. The van der Waals surface area contributed by atoms with Crippen LogP contribution in [0.15, 0.2) is 12.1 Å². The maximum absolute atomic E-state index is 12.4. The summed E-state index contributed by atoms with van der Waals surface area (Å²) in [6, 6.07) is 4.20. The summed E-state index contributed by atoms with van der Waals surface area (Å²) in [7, 11) is -0.284. The van der Waals surface area contributed by atoms with Gasteiger partial charge in [0.1, 0.15) is 5.60 Å². The van der Waals surface area contributed by atoms with Crippen LogP contribution in [0.2, 0.25) is 0 Å². The monoisotopic (exact) mass is 357 g/mol. The molecule has 1 aliphatic carbocycles. The molecule has 0 N–H and O–H groups in total. The molecule has 0 bridgehead atoms. The molecule has 2 fully saturated rings. The molecule has 2 aliphatic heterocycles. The van der Waals surface area contributed by atoms with E-state index in [4.69, 9.17) is 14.0 Å². The second-order valence-electron chi connectivity index (χ2n) is 9.28. The summed E-state index contributed by atoms with van der Waals surface area (Å²) < 4.78 is 17.9. The number of benzene rings is 1. The molecule has 6 heteroatoms. The third kappa shape index (κ3) is 2.83. The Morgan fingerprint density at radius 3 is 2.50 bits per heavy atom. The molecule has 5 nitrogen and oxygen atoms in total. The molecule has 1 saturated heterocycles. The molecule has 0 radical (unpaired) electrons. The van der Waals surface area contributed by atoms with Gasteiger partial charge in [0.05, 0.1) is 11.2 Å².